The van der Waals surface area contributed by atoms with Crippen molar-refractivity contribution in [3.63, 3.8) is 0 Å². The third kappa shape index (κ3) is 3.03. The Bertz CT molecular complexity index is 715. The Kier molecular flexibility index (Phi) is 4.05. The summed E-state index contributed by atoms with van der Waals surface area (Å²) in [5, 5.41) is 6.89. The number of amides is 1. The summed E-state index contributed by atoms with van der Waals surface area (Å²) in [6.45, 7) is 0.539. The van der Waals surface area contributed by atoms with E-state index in [0.717, 1.165) is 20.5 Å². The molecule has 1 N–H and O–H groups in total. The molecule has 0 aliphatic rings. The van der Waals surface area contributed by atoms with Crippen LogP contribution in [0.3, 0.4) is 0 Å². The Labute approximate surface area is 132 Å². The summed E-state index contributed by atoms with van der Waals surface area (Å²) in [6, 6.07) is 5.82. The molecule has 3 heterocycles. The topological polar surface area (TPSA) is 42.2 Å². The van der Waals surface area contributed by atoms with Crippen LogP contribution >= 0.6 is 38.6 Å². The Morgan fingerprint density at radius 2 is 2.15 bits per heavy atom. The first kappa shape index (κ1) is 13.6. The van der Waals surface area contributed by atoms with Gasteiger partial charge in [-0.3, -0.25) is 4.79 Å². The van der Waals surface area contributed by atoms with Gasteiger partial charge in [-0.05, 0) is 45.1 Å². The molecule has 6 heteroatoms. The molecule has 0 aliphatic heterocycles. The molecule has 0 atom stereocenters. The SMILES string of the molecule is O=C(NCc1cc(-c2ccoc2)cs1)c1cc(Br)cs1. The molecule has 0 bridgehead atoms. The maximum atomic E-state index is 11.9. The first-order valence-corrected chi connectivity index (χ1v) is 8.40. The van der Waals surface area contributed by atoms with Crippen LogP contribution in [0, 0.1) is 0 Å². The van der Waals surface area contributed by atoms with E-state index in [4.69, 9.17) is 4.42 Å². The highest BCUT2D eigenvalue weighted by atomic mass is 79.9. The standard InChI is InChI=1S/C14H10BrNO2S2/c15-11-4-13(20-8-11)14(17)16-5-12-3-10(7-19-12)9-1-2-18-6-9/h1-4,6-8H,5H2,(H,16,17). The zero-order valence-corrected chi connectivity index (χ0v) is 13.5. The second kappa shape index (κ2) is 5.95. The maximum Gasteiger partial charge on any atom is 0.261 e. The smallest absolute Gasteiger partial charge is 0.261 e. The van der Waals surface area contributed by atoms with Crippen molar-refractivity contribution in [1.29, 1.82) is 0 Å². The summed E-state index contributed by atoms with van der Waals surface area (Å²) in [7, 11) is 0. The molecule has 3 aromatic heterocycles. The van der Waals surface area contributed by atoms with E-state index >= 15 is 0 Å². The molecule has 102 valence electrons. The van der Waals surface area contributed by atoms with E-state index in [2.05, 4.69) is 32.7 Å². The molecule has 0 radical (unpaired) electrons. The molecule has 3 nitrogen and oxygen atoms in total. The quantitative estimate of drug-likeness (QED) is 0.721. The minimum absolute atomic E-state index is 0.0426. The van der Waals surface area contributed by atoms with Crippen LogP contribution in [-0.4, -0.2) is 5.91 Å². The van der Waals surface area contributed by atoms with Crippen molar-refractivity contribution in [1.82, 2.24) is 5.32 Å². The van der Waals surface area contributed by atoms with Crippen molar-refractivity contribution in [3.8, 4) is 11.1 Å². The molecule has 0 fully saturated rings. The van der Waals surface area contributed by atoms with Gasteiger partial charge in [0.05, 0.1) is 23.9 Å². The highest BCUT2D eigenvalue weighted by Gasteiger charge is 2.09. The minimum atomic E-state index is -0.0426. The second-order valence-electron chi connectivity index (χ2n) is 4.13. The van der Waals surface area contributed by atoms with Gasteiger partial charge in [0.25, 0.3) is 5.91 Å². The predicted molar refractivity (Wildman–Crippen MR) is 85.2 cm³/mol. The van der Waals surface area contributed by atoms with Gasteiger partial charge < -0.3 is 9.73 Å². The zero-order chi connectivity index (χ0) is 13.9. The Hall–Kier alpha value is -1.37. The predicted octanol–water partition coefficient (Wildman–Crippen LogP) is 4.76. The lowest BCUT2D eigenvalue weighted by Gasteiger charge is -2.00. The summed E-state index contributed by atoms with van der Waals surface area (Å²) >= 11 is 6.40. The molecule has 0 spiro atoms. The highest BCUT2D eigenvalue weighted by Crippen LogP contribution is 2.26. The van der Waals surface area contributed by atoms with E-state index in [9.17, 15) is 4.79 Å². The van der Waals surface area contributed by atoms with Crippen LogP contribution in [-0.2, 0) is 6.54 Å². The van der Waals surface area contributed by atoms with Crippen LogP contribution in [0.15, 0.2) is 50.4 Å². The van der Waals surface area contributed by atoms with Crippen LogP contribution in [0.5, 0.6) is 0 Å². The van der Waals surface area contributed by atoms with E-state index in [-0.39, 0.29) is 5.91 Å². The summed E-state index contributed by atoms with van der Waals surface area (Å²) < 4.78 is 6.00. The van der Waals surface area contributed by atoms with Crippen LogP contribution in [0.1, 0.15) is 14.5 Å². The van der Waals surface area contributed by atoms with Gasteiger partial charge in [-0.25, -0.2) is 0 Å². The van der Waals surface area contributed by atoms with E-state index in [0.29, 0.717) is 11.4 Å². The Balaban J connectivity index is 1.63. The van der Waals surface area contributed by atoms with Crippen molar-refractivity contribution >= 4 is 44.5 Å². The molecule has 0 unspecified atom stereocenters. The Morgan fingerprint density at radius 1 is 1.25 bits per heavy atom. The third-order valence-corrected chi connectivity index (χ3v) is 5.35. The van der Waals surface area contributed by atoms with Gasteiger partial charge in [-0.2, -0.15) is 0 Å². The molecule has 0 aromatic carbocycles. The molecular formula is C14H10BrNO2S2. The van der Waals surface area contributed by atoms with Gasteiger partial charge in [0.15, 0.2) is 0 Å². The third-order valence-electron chi connectivity index (χ3n) is 2.72. The van der Waals surface area contributed by atoms with Gasteiger partial charge in [0.2, 0.25) is 0 Å². The highest BCUT2D eigenvalue weighted by molar-refractivity contribution is 9.10. The van der Waals surface area contributed by atoms with E-state index in [1.54, 1.807) is 23.9 Å². The van der Waals surface area contributed by atoms with E-state index in [1.807, 2.05) is 17.5 Å². The number of nitrogens with one attached hydrogen (secondary N) is 1. The van der Waals surface area contributed by atoms with Crippen molar-refractivity contribution in [2.45, 2.75) is 6.54 Å². The van der Waals surface area contributed by atoms with Crippen LogP contribution in [0.2, 0.25) is 0 Å². The van der Waals surface area contributed by atoms with E-state index in [1.165, 1.54) is 11.3 Å². The molecule has 0 aliphatic carbocycles. The summed E-state index contributed by atoms with van der Waals surface area (Å²) in [5.41, 5.74) is 2.17. The van der Waals surface area contributed by atoms with Gasteiger partial charge >= 0.3 is 0 Å². The van der Waals surface area contributed by atoms with Gasteiger partial charge in [-0.15, -0.1) is 22.7 Å². The molecule has 3 rings (SSSR count). The fourth-order valence-corrected chi connectivity index (χ4v) is 3.92. The molecule has 3 aromatic rings. The minimum Gasteiger partial charge on any atom is -0.472 e. The second-order valence-corrected chi connectivity index (χ2v) is 6.95. The number of thiophene rings is 2. The first-order chi connectivity index (χ1) is 9.72. The molecular weight excluding hydrogens is 358 g/mol. The number of hydrogen-bond donors (Lipinski definition) is 1. The van der Waals surface area contributed by atoms with Crippen molar-refractivity contribution in [2.24, 2.45) is 0 Å². The lowest BCUT2D eigenvalue weighted by atomic mass is 10.2. The Morgan fingerprint density at radius 3 is 2.85 bits per heavy atom. The number of rotatable bonds is 4. The number of carbonyl (C=O) groups is 1. The zero-order valence-electron chi connectivity index (χ0n) is 10.3. The lowest BCUT2D eigenvalue weighted by Crippen LogP contribution is -2.21. The van der Waals surface area contributed by atoms with Gasteiger partial charge in [0, 0.05) is 20.3 Å². The maximum absolute atomic E-state index is 11.9. The van der Waals surface area contributed by atoms with Crippen LogP contribution < -0.4 is 5.32 Å². The van der Waals surface area contributed by atoms with Crippen molar-refractivity contribution in [3.05, 3.63) is 55.7 Å². The van der Waals surface area contributed by atoms with Crippen LogP contribution in [0.25, 0.3) is 11.1 Å². The fourth-order valence-electron chi connectivity index (χ4n) is 1.74. The van der Waals surface area contributed by atoms with Crippen molar-refractivity contribution < 1.29 is 9.21 Å². The summed E-state index contributed by atoms with van der Waals surface area (Å²) in [5.74, 6) is -0.0426. The van der Waals surface area contributed by atoms with Gasteiger partial charge in [-0.1, -0.05) is 0 Å². The monoisotopic (exact) mass is 367 g/mol. The first-order valence-electron chi connectivity index (χ1n) is 5.84. The number of hydrogen-bond acceptors (Lipinski definition) is 4. The molecule has 20 heavy (non-hydrogen) atoms. The average molecular weight is 368 g/mol. The largest absolute Gasteiger partial charge is 0.472 e. The normalized spacial score (nSPS) is 10.7. The number of halogens is 1. The molecule has 1 amide bonds. The molecule has 0 saturated heterocycles. The lowest BCUT2D eigenvalue weighted by molar-refractivity contribution is 0.0955. The number of furan rings is 1. The van der Waals surface area contributed by atoms with E-state index < -0.39 is 0 Å². The molecule has 0 saturated carbocycles. The summed E-state index contributed by atoms with van der Waals surface area (Å²) in [4.78, 5) is 13.8. The van der Waals surface area contributed by atoms with Crippen molar-refractivity contribution in [2.75, 3.05) is 0 Å². The van der Waals surface area contributed by atoms with Crippen LogP contribution in [0.4, 0.5) is 0 Å². The summed E-state index contributed by atoms with van der Waals surface area (Å²) in [6.07, 6.45) is 3.37. The van der Waals surface area contributed by atoms with Gasteiger partial charge in [0.1, 0.15) is 0 Å². The fraction of sp³-hybridized carbons (Fsp3) is 0.0714. The average Bonchev–Trinajstić information content (AvgIpc) is 3.16. The number of carbonyl (C=O) groups excluding carboxylic acids is 1.